The molecule has 0 radical (unpaired) electrons. The molecule has 1 aliphatic rings. The van der Waals surface area contributed by atoms with E-state index < -0.39 is 29.5 Å². The number of fused-ring (bicyclic) bond motifs is 1. The van der Waals surface area contributed by atoms with Crippen molar-refractivity contribution in [3.05, 3.63) is 89.0 Å². The normalized spacial score (nSPS) is 20.0. The molecule has 2 aromatic carbocycles. The van der Waals surface area contributed by atoms with Crippen molar-refractivity contribution in [1.29, 1.82) is 0 Å². The molecule has 0 bridgehead atoms. The predicted octanol–water partition coefficient (Wildman–Crippen LogP) is 5.81. The molecular weight excluding hydrogens is 433 g/mol. The first kappa shape index (κ1) is 21.8. The SMILES string of the molecule is C=CC=C(C)CC1(c2nc3ccc(Cl)cc3[nH]2)OC(=O)N(C(C)c2ccc(F)cc2)C1=O. The van der Waals surface area contributed by atoms with Crippen molar-refractivity contribution in [2.45, 2.75) is 31.9 Å². The summed E-state index contributed by atoms with van der Waals surface area (Å²) in [6.07, 6.45) is 2.64. The molecule has 0 saturated carbocycles. The van der Waals surface area contributed by atoms with Crippen LogP contribution < -0.4 is 0 Å². The van der Waals surface area contributed by atoms with E-state index in [1.54, 1.807) is 37.3 Å². The van der Waals surface area contributed by atoms with Gasteiger partial charge in [-0.25, -0.2) is 19.1 Å². The molecular formula is C24H21ClFN3O3. The Morgan fingerprint density at radius 1 is 1.31 bits per heavy atom. The van der Waals surface area contributed by atoms with Gasteiger partial charge in [0.15, 0.2) is 5.82 Å². The van der Waals surface area contributed by atoms with Crippen LogP contribution in [0.15, 0.2) is 66.8 Å². The Labute approximate surface area is 189 Å². The number of H-pyrrole nitrogens is 1. The number of rotatable bonds is 6. The molecule has 4 rings (SSSR count). The molecule has 2 amide bonds. The number of halogens is 2. The van der Waals surface area contributed by atoms with Crippen LogP contribution in [0.4, 0.5) is 9.18 Å². The number of aromatic nitrogens is 2. The highest BCUT2D eigenvalue weighted by Gasteiger charge is 2.58. The first-order valence-electron chi connectivity index (χ1n) is 10.0. The first-order chi connectivity index (χ1) is 15.2. The number of carbonyl (C=O) groups is 2. The number of nitrogens with one attached hydrogen (secondary N) is 1. The number of imidazole rings is 1. The second kappa shape index (κ2) is 8.24. The van der Waals surface area contributed by atoms with Gasteiger partial charge in [0.1, 0.15) is 5.82 Å². The number of imide groups is 1. The third-order valence-corrected chi connectivity index (χ3v) is 5.75. The van der Waals surface area contributed by atoms with Crippen molar-refractivity contribution in [3.63, 3.8) is 0 Å². The molecule has 2 unspecified atom stereocenters. The topological polar surface area (TPSA) is 75.3 Å². The van der Waals surface area contributed by atoms with Crippen LogP contribution in [-0.2, 0) is 15.1 Å². The van der Waals surface area contributed by atoms with Crippen LogP contribution in [0.25, 0.3) is 11.0 Å². The van der Waals surface area contributed by atoms with Crippen LogP contribution in [-0.4, -0.2) is 26.9 Å². The Morgan fingerprint density at radius 3 is 2.72 bits per heavy atom. The van der Waals surface area contributed by atoms with E-state index in [4.69, 9.17) is 16.3 Å². The number of hydrogen-bond acceptors (Lipinski definition) is 4. The van der Waals surface area contributed by atoms with Gasteiger partial charge in [-0.3, -0.25) is 4.79 Å². The molecule has 164 valence electrons. The largest absolute Gasteiger partial charge is 0.424 e. The molecule has 1 aromatic heterocycles. The lowest BCUT2D eigenvalue weighted by Crippen LogP contribution is -2.41. The fourth-order valence-electron chi connectivity index (χ4n) is 3.91. The Morgan fingerprint density at radius 2 is 2.03 bits per heavy atom. The van der Waals surface area contributed by atoms with Crippen LogP contribution in [0, 0.1) is 5.82 Å². The zero-order valence-corrected chi connectivity index (χ0v) is 18.3. The molecule has 1 fully saturated rings. The van der Waals surface area contributed by atoms with Crippen LogP contribution in [0.5, 0.6) is 0 Å². The molecule has 0 aliphatic carbocycles. The summed E-state index contributed by atoms with van der Waals surface area (Å²) >= 11 is 6.09. The van der Waals surface area contributed by atoms with E-state index in [2.05, 4.69) is 16.5 Å². The van der Waals surface area contributed by atoms with Gasteiger partial charge in [0, 0.05) is 11.4 Å². The summed E-state index contributed by atoms with van der Waals surface area (Å²) in [6, 6.07) is 10.1. The quantitative estimate of drug-likeness (QED) is 0.477. The number of nitrogens with zero attached hydrogens (tertiary/aromatic N) is 2. The first-order valence-corrected chi connectivity index (χ1v) is 10.4. The highest BCUT2D eigenvalue weighted by Crippen LogP contribution is 2.42. The van der Waals surface area contributed by atoms with Gasteiger partial charge in [-0.05, 0) is 49.7 Å². The summed E-state index contributed by atoms with van der Waals surface area (Å²) in [4.78, 5) is 35.4. The zero-order chi connectivity index (χ0) is 23.0. The van der Waals surface area contributed by atoms with Gasteiger partial charge in [0.2, 0.25) is 0 Å². The second-order valence-electron chi connectivity index (χ2n) is 7.77. The number of ether oxygens (including phenoxy) is 1. The van der Waals surface area contributed by atoms with Gasteiger partial charge in [-0.2, -0.15) is 0 Å². The van der Waals surface area contributed by atoms with Crippen molar-refractivity contribution >= 4 is 34.6 Å². The molecule has 1 N–H and O–H groups in total. The molecule has 6 nitrogen and oxygen atoms in total. The number of carbonyl (C=O) groups excluding carboxylic acids is 2. The van der Waals surface area contributed by atoms with Crippen molar-refractivity contribution < 1.29 is 18.7 Å². The molecule has 1 aliphatic heterocycles. The number of benzene rings is 2. The van der Waals surface area contributed by atoms with Gasteiger partial charge in [0.25, 0.3) is 11.5 Å². The highest BCUT2D eigenvalue weighted by atomic mass is 35.5. The number of hydrogen-bond donors (Lipinski definition) is 1. The molecule has 2 heterocycles. The lowest BCUT2D eigenvalue weighted by Gasteiger charge is -2.25. The van der Waals surface area contributed by atoms with Crippen molar-refractivity contribution in [2.24, 2.45) is 0 Å². The highest BCUT2D eigenvalue weighted by molar-refractivity contribution is 6.31. The van der Waals surface area contributed by atoms with Crippen LogP contribution in [0.1, 0.15) is 37.7 Å². The summed E-state index contributed by atoms with van der Waals surface area (Å²) in [7, 11) is 0. The lowest BCUT2D eigenvalue weighted by molar-refractivity contribution is -0.139. The number of amides is 2. The summed E-state index contributed by atoms with van der Waals surface area (Å²) in [5, 5.41) is 0.505. The molecule has 2 atom stereocenters. The van der Waals surface area contributed by atoms with Crippen LogP contribution in [0.3, 0.4) is 0 Å². The average Bonchev–Trinajstić information content (AvgIpc) is 3.27. The van der Waals surface area contributed by atoms with Crippen molar-refractivity contribution in [2.75, 3.05) is 0 Å². The van der Waals surface area contributed by atoms with Crippen molar-refractivity contribution in [3.8, 4) is 0 Å². The molecule has 32 heavy (non-hydrogen) atoms. The third-order valence-electron chi connectivity index (χ3n) is 5.52. The third kappa shape index (κ3) is 3.69. The summed E-state index contributed by atoms with van der Waals surface area (Å²) < 4.78 is 19.1. The van der Waals surface area contributed by atoms with E-state index >= 15 is 0 Å². The van der Waals surface area contributed by atoms with Gasteiger partial charge in [-0.15, -0.1) is 0 Å². The molecule has 8 heteroatoms. The Balaban J connectivity index is 1.81. The molecule has 1 saturated heterocycles. The smallest absolute Gasteiger partial charge is 0.418 e. The Kier molecular flexibility index (Phi) is 5.60. The fraction of sp³-hybridized carbons (Fsp3) is 0.208. The molecule has 3 aromatic rings. The van der Waals surface area contributed by atoms with E-state index in [9.17, 15) is 14.0 Å². The van der Waals surface area contributed by atoms with Gasteiger partial charge < -0.3 is 9.72 Å². The Bertz CT molecular complexity index is 1250. The van der Waals surface area contributed by atoms with Gasteiger partial charge in [0.05, 0.1) is 17.1 Å². The van der Waals surface area contributed by atoms with E-state index in [1.165, 1.54) is 24.3 Å². The molecule has 0 spiro atoms. The number of allylic oxidation sites excluding steroid dienone is 2. The zero-order valence-electron chi connectivity index (χ0n) is 17.6. The number of cyclic esters (lactones) is 1. The predicted molar refractivity (Wildman–Crippen MR) is 119 cm³/mol. The van der Waals surface area contributed by atoms with Gasteiger partial charge in [-0.1, -0.05) is 48.0 Å². The lowest BCUT2D eigenvalue weighted by atomic mass is 9.92. The van der Waals surface area contributed by atoms with E-state index in [0.717, 1.165) is 10.5 Å². The summed E-state index contributed by atoms with van der Waals surface area (Å²) in [6.45, 7) is 7.19. The van der Waals surface area contributed by atoms with Crippen molar-refractivity contribution in [1.82, 2.24) is 14.9 Å². The Hall–Kier alpha value is -3.45. The fourth-order valence-corrected chi connectivity index (χ4v) is 4.09. The monoisotopic (exact) mass is 453 g/mol. The minimum absolute atomic E-state index is 0.0871. The summed E-state index contributed by atoms with van der Waals surface area (Å²) in [5.74, 6) is -0.753. The maximum atomic E-state index is 13.8. The standard InChI is InChI=1S/C24H21ClFN3O3/c1-4-5-14(2)13-24(21-27-19-11-8-17(25)12-20(19)28-21)22(30)29(23(31)32-24)15(3)16-6-9-18(26)10-7-16/h4-12,15H,1,13H2,2-3H3,(H,27,28). The van der Waals surface area contributed by atoms with E-state index in [0.29, 0.717) is 21.6 Å². The van der Waals surface area contributed by atoms with Crippen LogP contribution >= 0.6 is 11.6 Å². The number of aromatic amines is 1. The minimum atomic E-state index is -1.68. The van der Waals surface area contributed by atoms with E-state index in [1.807, 2.05) is 6.92 Å². The maximum absolute atomic E-state index is 13.8. The maximum Gasteiger partial charge on any atom is 0.418 e. The minimum Gasteiger partial charge on any atom is -0.424 e. The van der Waals surface area contributed by atoms with Gasteiger partial charge >= 0.3 is 6.09 Å². The van der Waals surface area contributed by atoms with E-state index in [-0.39, 0.29) is 12.2 Å². The summed E-state index contributed by atoms with van der Waals surface area (Å²) in [5.41, 5.74) is 0.896. The second-order valence-corrected chi connectivity index (χ2v) is 8.21. The van der Waals surface area contributed by atoms with Crippen LogP contribution in [0.2, 0.25) is 5.02 Å². The average molecular weight is 454 g/mol.